The quantitative estimate of drug-likeness (QED) is 0.614. The van der Waals surface area contributed by atoms with Gasteiger partial charge in [-0.05, 0) is 6.26 Å². The van der Waals surface area contributed by atoms with Gasteiger partial charge >= 0.3 is 0 Å². The third-order valence-corrected chi connectivity index (χ3v) is 3.54. The average Bonchev–Trinajstić information content (AvgIpc) is 2.53. The Morgan fingerprint density at radius 3 is 1.85 bits per heavy atom. The molecule has 3 heteroatoms. The van der Waals surface area contributed by atoms with Gasteiger partial charge in [0, 0.05) is 17.2 Å². The van der Waals surface area contributed by atoms with Crippen molar-refractivity contribution in [2.45, 2.75) is 0 Å². The fraction of sp³-hybridized carbons (Fsp3) is 0.0588. The Hall–Kier alpha value is -2.13. The lowest BCUT2D eigenvalue weighted by atomic mass is 10.1. The summed E-state index contributed by atoms with van der Waals surface area (Å²) >= 11 is 1.29. The molecule has 0 aliphatic rings. The summed E-state index contributed by atoms with van der Waals surface area (Å²) in [6.07, 6.45) is 3.21. The Balaban J connectivity index is 2.26. The first-order valence-electron chi connectivity index (χ1n) is 6.17. The van der Waals surface area contributed by atoms with Crippen molar-refractivity contribution in [1.82, 2.24) is 0 Å². The molecule has 0 unspecified atom stereocenters. The molecule has 0 N–H and O–H groups in total. The van der Waals surface area contributed by atoms with E-state index in [1.165, 1.54) is 17.8 Å². The molecule has 0 aliphatic carbocycles. The van der Waals surface area contributed by atoms with Crippen molar-refractivity contribution < 1.29 is 9.59 Å². The van der Waals surface area contributed by atoms with E-state index in [-0.39, 0.29) is 11.6 Å². The highest BCUT2D eigenvalue weighted by atomic mass is 32.2. The smallest absolute Gasteiger partial charge is 0.199 e. The van der Waals surface area contributed by atoms with Crippen molar-refractivity contribution in [3.8, 4) is 0 Å². The van der Waals surface area contributed by atoms with E-state index in [1.54, 1.807) is 42.7 Å². The molecule has 2 rings (SSSR count). The molecule has 0 fully saturated rings. The van der Waals surface area contributed by atoms with Gasteiger partial charge in [-0.3, -0.25) is 9.59 Å². The number of hydrogen-bond donors (Lipinski definition) is 0. The number of rotatable bonds is 5. The topological polar surface area (TPSA) is 34.1 Å². The first-order valence-corrected chi connectivity index (χ1v) is 7.39. The van der Waals surface area contributed by atoms with Gasteiger partial charge < -0.3 is 0 Å². The average molecular weight is 282 g/mol. The highest BCUT2D eigenvalue weighted by Crippen LogP contribution is 2.19. The van der Waals surface area contributed by atoms with Crippen LogP contribution >= 0.6 is 11.8 Å². The van der Waals surface area contributed by atoms with Crippen LogP contribution in [0.1, 0.15) is 20.7 Å². The van der Waals surface area contributed by atoms with Crippen molar-refractivity contribution in [1.29, 1.82) is 0 Å². The van der Waals surface area contributed by atoms with Gasteiger partial charge in [0.2, 0.25) is 0 Å². The molecule has 0 heterocycles. The molecule has 2 nitrogen and oxygen atoms in total. The molecule has 0 atom stereocenters. The van der Waals surface area contributed by atoms with Gasteiger partial charge in [0.15, 0.2) is 11.6 Å². The molecule has 2 aromatic carbocycles. The fourth-order valence-electron chi connectivity index (χ4n) is 1.75. The van der Waals surface area contributed by atoms with Gasteiger partial charge in [0.05, 0.1) is 4.91 Å². The Morgan fingerprint density at radius 1 is 0.850 bits per heavy atom. The predicted molar refractivity (Wildman–Crippen MR) is 83.1 cm³/mol. The third-order valence-electron chi connectivity index (χ3n) is 2.80. The number of Topliss-reactive ketones (excluding diaryl/α,β-unsaturated/α-hetero) is 1. The van der Waals surface area contributed by atoms with Gasteiger partial charge in [0.1, 0.15) is 0 Å². The van der Waals surface area contributed by atoms with E-state index in [0.717, 1.165) is 0 Å². The van der Waals surface area contributed by atoms with Crippen LogP contribution in [-0.4, -0.2) is 17.8 Å². The van der Waals surface area contributed by atoms with E-state index in [0.29, 0.717) is 16.0 Å². The maximum absolute atomic E-state index is 12.3. The lowest BCUT2D eigenvalue weighted by Gasteiger charge is -2.03. The van der Waals surface area contributed by atoms with E-state index < -0.39 is 0 Å². The van der Waals surface area contributed by atoms with Gasteiger partial charge in [0.25, 0.3) is 0 Å². The van der Waals surface area contributed by atoms with E-state index in [4.69, 9.17) is 0 Å². The van der Waals surface area contributed by atoms with Crippen LogP contribution in [0.15, 0.2) is 71.6 Å². The molecule has 100 valence electrons. The first-order chi connectivity index (χ1) is 9.72. The number of carbonyl (C=O) groups is 2. The minimum Gasteiger partial charge on any atom is -0.289 e. The van der Waals surface area contributed by atoms with Crippen LogP contribution in [-0.2, 0) is 0 Å². The lowest BCUT2D eigenvalue weighted by Crippen LogP contribution is -2.04. The molecule has 2 aromatic rings. The molecule has 0 spiro atoms. The molecule has 0 aromatic heterocycles. The van der Waals surface area contributed by atoms with Crippen LogP contribution < -0.4 is 0 Å². The number of thioether (sulfide) groups is 1. The molecule has 0 aliphatic heterocycles. The Morgan fingerprint density at radius 2 is 1.35 bits per heavy atom. The zero-order valence-electron chi connectivity index (χ0n) is 11.1. The van der Waals surface area contributed by atoms with E-state index in [1.807, 2.05) is 24.3 Å². The van der Waals surface area contributed by atoms with Crippen molar-refractivity contribution in [3.05, 3.63) is 82.8 Å². The van der Waals surface area contributed by atoms with E-state index in [2.05, 4.69) is 0 Å². The van der Waals surface area contributed by atoms with Gasteiger partial charge in [-0.2, -0.15) is 0 Å². The zero-order chi connectivity index (χ0) is 14.4. The second-order valence-corrected chi connectivity index (χ2v) is 4.99. The molecule has 0 amide bonds. The number of carbonyl (C=O) groups excluding carboxylic acids is 2. The molecule has 20 heavy (non-hydrogen) atoms. The van der Waals surface area contributed by atoms with Crippen LogP contribution in [0.4, 0.5) is 0 Å². The summed E-state index contributed by atoms with van der Waals surface area (Å²) in [6, 6.07) is 17.9. The number of benzene rings is 2. The van der Waals surface area contributed by atoms with Crippen LogP contribution in [0.3, 0.4) is 0 Å². The number of hydrogen-bond acceptors (Lipinski definition) is 3. The predicted octanol–water partition coefficient (Wildman–Crippen LogP) is 4.00. The van der Waals surface area contributed by atoms with Crippen LogP contribution in [0.2, 0.25) is 0 Å². The summed E-state index contributed by atoms with van der Waals surface area (Å²) in [5.74, 6) is -0.276. The zero-order valence-corrected chi connectivity index (χ0v) is 11.9. The summed E-state index contributed by atoms with van der Waals surface area (Å²) in [4.78, 5) is 24.9. The minimum atomic E-state index is -0.153. The van der Waals surface area contributed by atoms with Crippen molar-refractivity contribution >= 4 is 23.3 Å². The second kappa shape index (κ2) is 6.87. The maximum Gasteiger partial charge on any atom is 0.199 e. The lowest BCUT2D eigenvalue weighted by molar-refractivity contribution is 0.101. The van der Waals surface area contributed by atoms with Crippen LogP contribution in [0, 0.1) is 0 Å². The minimum absolute atomic E-state index is 0.123. The summed E-state index contributed by atoms with van der Waals surface area (Å²) in [5, 5.41) is 0. The summed E-state index contributed by atoms with van der Waals surface area (Å²) < 4.78 is 0. The highest BCUT2D eigenvalue weighted by Gasteiger charge is 2.13. The largest absolute Gasteiger partial charge is 0.289 e. The highest BCUT2D eigenvalue weighted by molar-refractivity contribution is 8.03. The number of allylic oxidation sites excluding steroid dienone is 2. The molecule has 0 bridgehead atoms. The summed E-state index contributed by atoms with van der Waals surface area (Å²) in [5.41, 5.74) is 1.17. The van der Waals surface area contributed by atoms with Gasteiger partial charge in [-0.15, -0.1) is 11.8 Å². The Labute approximate surface area is 122 Å². The second-order valence-electron chi connectivity index (χ2n) is 4.14. The molecule has 0 saturated carbocycles. The van der Waals surface area contributed by atoms with Gasteiger partial charge in [-0.25, -0.2) is 0 Å². The molecule has 0 radical (unpaired) electrons. The fourth-order valence-corrected chi connectivity index (χ4v) is 2.28. The van der Waals surface area contributed by atoms with Crippen LogP contribution in [0.25, 0.3) is 0 Å². The van der Waals surface area contributed by atoms with Crippen molar-refractivity contribution in [2.24, 2.45) is 0 Å². The third kappa shape index (κ3) is 3.45. The molecule has 0 saturated heterocycles. The summed E-state index contributed by atoms with van der Waals surface area (Å²) in [7, 11) is 0. The van der Waals surface area contributed by atoms with E-state index in [9.17, 15) is 9.59 Å². The number of ketones is 2. The van der Waals surface area contributed by atoms with Crippen LogP contribution in [0.5, 0.6) is 0 Å². The first kappa shape index (κ1) is 14.3. The normalized spacial score (nSPS) is 11.2. The molecular formula is C17H14O2S. The Bertz CT molecular complexity index is 631. The van der Waals surface area contributed by atoms with Crippen molar-refractivity contribution in [2.75, 3.05) is 6.26 Å². The maximum atomic E-state index is 12.3. The standard InChI is InChI=1S/C17H14O2S/c1-20-16(17(19)14-10-6-3-7-11-14)12-15(18)13-8-4-2-5-9-13/h2-12H,1H3/b16-12+. The molecular weight excluding hydrogens is 268 g/mol. The van der Waals surface area contributed by atoms with Crippen molar-refractivity contribution in [3.63, 3.8) is 0 Å². The van der Waals surface area contributed by atoms with Gasteiger partial charge in [-0.1, -0.05) is 60.7 Å². The Kier molecular flexibility index (Phi) is 4.91. The summed E-state index contributed by atoms with van der Waals surface area (Å²) in [6.45, 7) is 0. The SMILES string of the molecule is CS/C(=C/C(=O)c1ccccc1)C(=O)c1ccccc1. The van der Waals surface area contributed by atoms with E-state index >= 15 is 0 Å². The monoisotopic (exact) mass is 282 g/mol.